The Morgan fingerprint density at radius 2 is 1.44 bits per heavy atom. The van der Waals surface area contributed by atoms with Gasteiger partial charge in [-0.3, -0.25) is 9.59 Å². The average Bonchev–Trinajstić information content (AvgIpc) is 2.89. The molecule has 1 aliphatic heterocycles. The lowest BCUT2D eigenvalue weighted by atomic mass is 9.89. The Hall–Kier alpha value is -2.04. The first-order chi connectivity index (χ1) is 12.1. The number of primary amides is 1. The lowest BCUT2D eigenvalue weighted by molar-refractivity contribution is -0.124. The van der Waals surface area contributed by atoms with Crippen molar-refractivity contribution in [2.75, 3.05) is 18.0 Å². The molecular weight excluding hydrogens is 314 g/mol. The van der Waals surface area contributed by atoms with Crippen molar-refractivity contribution in [2.45, 2.75) is 63.3 Å². The smallest absolute Gasteiger partial charge is 0.252 e. The van der Waals surface area contributed by atoms with E-state index < -0.39 is 11.4 Å². The number of rotatable bonds is 4. The van der Waals surface area contributed by atoms with Crippen LogP contribution in [0.15, 0.2) is 24.3 Å². The van der Waals surface area contributed by atoms with Crippen LogP contribution in [0.25, 0.3) is 0 Å². The highest BCUT2D eigenvalue weighted by atomic mass is 16.2. The zero-order chi connectivity index (χ0) is 17.7. The van der Waals surface area contributed by atoms with E-state index in [4.69, 9.17) is 5.73 Å². The summed E-state index contributed by atoms with van der Waals surface area (Å²) in [5.74, 6) is -0.612. The number of amides is 2. The molecule has 2 aliphatic rings. The quantitative estimate of drug-likeness (QED) is 0.825. The van der Waals surface area contributed by atoms with Crippen molar-refractivity contribution >= 4 is 17.5 Å². The van der Waals surface area contributed by atoms with Crippen LogP contribution in [0.3, 0.4) is 0 Å². The number of carbonyl (C=O) groups is 2. The third kappa shape index (κ3) is 4.14. The normalized spacial score (nSPS) is 20.6. The SMILES string of the molecule is NC(=O)C1(NC(=O)c2ccc(N3CCCCC3)cc2)CCCCCC1. The molecule has 5 nitrogen and oxygen atoms in total. The lowest BCUT2D eigenvalue weighted by Crippen LogP contribution is -2.57. The summed E-state index contributed by atoms with van der Waals surface area (Å²) in [5.41, 5.74) is 6.52. The predicted octanol–water partition coefficient (Wildman–Crippen LogP) is 2.99. The van der Waals surface area contributed by atoms with Crippen LogP contribution in [0.5, 0.6) is 0 Å². The molecule has 1 heterocycles. The van der Waals surface area contributed by atoms with Gasteiger partial charge in [0, 0.05) is 24.3 Å². The van der Waals surface area contributed by atoms with Crippen LogP contribution in [-0.2, 0) is 4.79 Å². The molecule has 0 unspecified atom stereocenters. The Bertz CT molecular complexity index is 598. The topological polar surface area (TPSA) is 75.4 Å². The van der Waals surface area contributed by atoms with E-state index in [1.54, 1.807) is 0 Å². The predicted molar refractivity (Wildman–Crippen MR) is 99.6 cm³/mol. The maximum atomic E-state index is 12.7. The van der Waals surface area contributed by atoms with Gasteiger partial charge >= 0.3 is 0 Å². The number of anilines is 1. The summed E-state index contributed by atoms with van der Waals surface area (Å²) in [7, 11) is 0. The van der Waals surface area contributed by atoms with Crippen LogP contribution in [0.4, 0.5) is 5.69 Å². The van der Waals surface area contributed by atoms with E-state index in [2.05, 4.69) is 10.2 Å². The first kappa shape index (κ1) is 17.8. The monoisotopic (exact) mass is 343 g/mol. The molecule has 5 heteroatoms. The highest BCUT2D eigenvalue weighted by molar-refractivity contribution is 5.99. The number of nitrogens with two attached hydrogens (primary N) is 1. The second kappa shape index (κ2) is 7.89. The maximum absolute atomic E-state index is 12.7. The second-order valence-corrected chi connectivity index (χ2v) is 7.41. The Balaban J connectivity index is 1.70. The lowest BCUT2D eigenvalue weighted by Gasteiger charge is -2.31. The summed E-state index contributed by atoms with van der Waals surface area (Å²) in [4.78, 5) is 27.1. The molecule has 1 aromatic carbocycles. The fourth-order valence-electron chi connectivity index (χ4n) is 4.03. The molecule has 25 heavy (non-hydrogen) atoms. The van der Waals surface area contributed by atoms with Gasteiger partial charge in [-0.2, -0.15) is 0 Å². The molecule has 1 aromatic rings. The number of carbonyl (C=O) groups excluding carboxylic acids is 2. The van der Waals surface area contributed by atoms with Crippen LogP contribution >= 0.6 is 0 Å². The zero-order valence-corrected chi connectivity index (χ0v) is 14.9. The highest BCUT2D eigenvalue weighted by Gasteiger charge is 2.38. The number of nitrogens with one attached hydrogen (secondary N) is 1. The van der Waals surface area contributed by atoms with Crippen LogP contribution in [0, 0.1) is 0 Å². The minimum atomic E-state index is -0.890. The van der Waals surface area contributed by atoms with E-state index in [0.717, 1.165) is 44.5 Å². The molecule has 1 aliphatic carbocycles. The van der Waals surface area contributed by atoms with E-state index in [-0.39, 0.29) is 5.91 Å². The van der Waals surface area contributed by atoms with Crippen molar-refractivity contribution in [3.63, 3.8) is 0 Å². The zero-order valence-electron chi connectivity index (χ0n) is 14.9. The molecule has 0 bridgehead atoms. The van der Waals surface area contributed by atoms with Crippen LogP contribution in [0.2, 0.25) is 0 Å². The average molecular weight is 343 g/mol. The summed E-state index contributed by atoms with van der Waals surface area (Å²) >= 11 is 0. The molecule has 136 valence electrons. The molecule has 0 spiro atoms. The molecular formula is C20H29N3O2. The van der Waals surface area contributed by atoms with Crippen molar-refractivity contribution in [3.05, 3.63) is 29.8 Å². The van der Waals surface area contributed by atoms with Gasteiger partial charge < -0.3 is 16.0 Å². The molecule has 3 N–H and O–H groups in total. The van der Waals surface area contributed by atoms with Gasteiger partial charge in [0.2, 0.25) is 5.91 Å². The van der Waals surface area contributed by atoms with E-state index in [1.165, 1.54) is 19.3 Å². The van der Waals surface area contributed by atoms with E-state index in [1.807, 2.05) is 24.3 Å². The Morgan fingerprint density at radius 1 is 0.880 bits per heavy atom. The third-order valence-electron chi connectivity index (χ3n) is 5.63. The van der Waals surface area contributed by atoms with Gasteiger partial charge in [-0.05, 0) is 56.4 Å². The fourth-order valence-corrected chi connectivity index (χ4v) is 4.03. The molecule has 1 saturated carbocycles. The van der Waals surface area contributed by atoms with Crippen molar-refractivity contribution in [1.82, 2.24) is 5.32 Å². The van der Waals surface area contributed by atoms with E-state index in [0.29, 0.717) is 18.4 Å². The summed E-state index contributed by atoms with van der Waals surface area (Å²) in [6, 6.07) is 7.71. The molecule has 0 radical (unpaired) electrons. The van der Waals surface area contributed by atoms with Crippen molar-refractivity contribution in [3.8, 4) is 0 Å². The van der Waals surface area contributed by atoms with Gasteiger partial charge in [-0.15, -0.1) is 0 Å². The first-order valence-electron chi connectivity index (χ1n) is 9.58. The van der Waals surface area contributed by atoms with Gasteiger partial charge in [-0.1, -0.05) is 25.7 Å². The van der Waals surface area contributed by atoms with Crippen LogP contribution in [0.1, 0.15) is 68.1 Å². The number of nitrogens with zero attached hydrogens (tertiary/aromatic N) is 1. The van der Waals surface area contributed by atoms with Gasteiger partial charge in [0.05, 0.1) is 0 Å². The van der Waals surface area contributed by atoms with E-state index in [9.17, 15) is 9.59 Å². The largest absolute Gasteiger partial charge is 0.372 e. The van der Waals surface area contributed by atoms with Crippen LogP contribution in [-0.4, -0.2) is 30.4 Å². The fraction of sp³-hybridized carbons (Fsp3) is 0.600. The Kier molecular flexibility index (Phi) is 5.61. The standard InChI is InChI=1S/C20H29N3O2/c21-19(25)20(12-4-1-2-5-13-20)22-18(24)16-8-10-17(11-9-16)23-14-6-3-7-15-23/h8-11H,1-7,12-15H2,(H2,21,25)(H,22,24). The van der Waals surface area contributed by atoms with Crippen molar-refractivity contribution in [2.24, 2.45) is 5.73 Å². The molecule has 2 fully saturated rings. The number of benzene rings is 1. The highest BCUT2D eigenvalue weighted by Crippen LogP contribution is 2.28. The van der Waals surface area contributed by atoms with Crippen molar-refractivity contribution < 1.29 is 9.59 Å². The summed E-state index contributed by atoms with van der Waals surface area (Å²) < 4.78 is 0. The van der Waals surface area contributed by atoms with Gasteiger partial charge in [0.25, 0.3) is 5.91 Å². The van der Waals surface area contributed by atoms with Crippen LogP contribution < -0.4 is 16.0 Å². The minimum Gasteiger partial charge on any atom is -0.372 e. The Morgan fingerprint density at radius 3 is 2.00 bits per heavy atom. The minimum absolute atomic E-state index is 0.203. The molecule has 0 atom stereocenters. The van der Waals surface area contributed by atoms with Gasteiger partial charge in [0.1, 0.15) is 5.54 Å². The van der Waals surface area contributed by atoms with Gasteiger partial charge in [0.15, 0.2) is 0 Å². The molecule has 2 amide bonds. The van der Waals surface area contributed by atoms with E-state index >= 15 is 0 Å². The maximum Gasteiger partial charge on any atom is 0.252 e. The Labute approximate surface area is 150 Å². The third-order valence-corrected chi connectivity index (χ3v) is 5.63. The van der Waals surface area contributed by atoms with Gasteiger partial charge in [-0.25, -0.2) is 0 Å². The summed E-state index contributed by atoms with van der Waals surface area (Å²) in [6.07, 6.45) is 9.07. The molecule has 3 rings (SSSR count). The first-order valence-corrected chi connectivity index (χ1v) is 9.58. The molecule has 0 aromatic heterocycles. The number of piperidine rings is 1. The van der Waals surface area contributed by atoms with Crippen molar-refractivity contribution in [1.29, 1.82) is 0 Å². The molecule has 1 saturated heterocycles. The summed E-state index contributed by atoms with van der Waals surface area (Å²) in [5, 5.41) is 2.96. The number of hydrogen-bond donors (Lipinski definition) is 2. The number of hydrogen-bond acceptors (Lipinski definition) is 3. The second-order valence-electron chi connectivity index (χ2n) is 7.41. The summed E-state index contributed by atoms with van der Waals surface area (Å²) in [6.45, 7) is 2.16.